The van der Waals surface area contributed by atoms with E-state index in [1.807, 2.05) is 6.92 Å². The Bertz CT molecular complexity index is 1110. The molecule has 0 heterocycles. The van der Waals surface area contributed by atoms with Crippen LogP contribution in [-0.4, -0.2) is 57.6 Å². The number of unbranched alkanes of at least 4 members (excludes halogenated alkanes) is 1. The van der Waals surface area contributed by atoms with Crippen LogP contribution in [0.25, 0.3) is 0 Å². The lowest BCUT2D eigenvalue weighted by atomic mass is 10.1. The van der Waals surface area contributed by atoms with Gasteiger partial charge >= 0.3 is 0 Å². The van der Waals surface area contributed by atoms with Crippen molar-refractivity contribution >= 4 is 50.7 Å². The molecule has 1 N–H and O–H groups in total. The number of hydrogen-bond acceptors (Lipinski definition) is 5. The molecule has 1 unspecified atom stereocenters. The Hall–Kier alpha value is -2.49. The zero-order valence-corrected chi connectivity index (χ0v) is 22.6. The molecule has 0 radical (unpaired) electrons. The molecule has 192 valence electrons. The van der Waals surface area contributed by atoms with Gasteiger partial charge in [-0.15, -0.1) is 0 Å². The van der Waals surface area contributed by atoms with E-state index in [0.717, 1.165) is 23.4 Å². The molecule has 8 nitrogen and oxygen atoms in total. The van der Waals surface area contributed by atoms with E-state index >= 15 is 0 Å². The third-order valence-electron chi connectivity index (χ3n) is 5.43. The van der Waals surface area contributed by atoms with Gasteiger partial charge in [-0.05, 0) is 49.7 Å². The normalized spacial score (nSPS) is 12.1. The molecule has 0 saturated carbocycles. The van der Waals surface area contributed by atoms with Crippen LogP contribution in [0.2, 0.25) is 10.0 Å². The number of nitrogens with one attached hydrogen (secondary N) is 1. The SMILES string of the molecule is CCCCNC(=O)C(C)N(Cc1c(Cl)cccc1Cl)C(=O)CN(c1ccc(OC)cc1)S(C)(=O)=O. The molecule has 2 rings (SSSR count). The molecule has 0 aliphatic rings. The first-order chi connectivity index (χ1) is 16.5. The van der Waals surface area contributed by atoms with Crippen molar-refractivity contribution < 1.29 is 22.7 Å². The lowest BCUT2D eigenvalue weighted by Gasteiger charge is -2.32. The summed E-state index contributed by atoms with van der Waals surface area (Å²) in [7, 11) is -2.33. The second-order valence-corrected chi connectivity index (χ2v) is 10.7. The predicted octanol–water partition coefficient (Wildman–Crippen LogP) is 4.10. The van der Waals surface area contributed by atoms with E-state index in [0.29, 0.717) is 27.9 Å². The fourth-order valence-corrected chi connectivity index (χ4v) is 4.70. The van der Waals surface area contributed by atoms with E-state index in [1.165, 1.54) is 12.0 Å². The molecule has 11 heteroatoms. The van der Waals surface area contributed by atoms with Crippen molar-refractivity contribution in [1.82, 2.24) is 10.2 Å². The van der Waals surface area contributed by atoms with Gasteiger partial charge in [-0.2, -0.15) is 0 Å². The Balaban J connectivity index is 2.40. The average Bonchev–Trinajstić information content (AvgIpc) is 2.81. The summed E-state index contributed by atoms with van der Waals surface area (Å²) in [5.74, 6) is -0.397. The van der Waals surface area contributed by atoms with Crippen molar-refractivity contribution in [3.8, 4) is 5.75 Å². The van der Waals surface area contributed by atoms with E-state index in [-0.39, 0.29) is 18.1 Å². The highest BCUT2D eigenvalue weighted by Crippen LogP contribution is 2.27. The molecule has 0 saturated heterocycles. The highest BCUT2D eigenvalue weighted by Gasteiger charge is 2.30. The maximum atomic E-state index is 13.5. The topological polar surface area (TPSA) is 96.0 Å². The smallest absolute Gasteiger partial charge is 0.244 e. The van der Waals surface area contributed by atoms with Gasteiger partial charge in [0, 0.05) is 28.7 Å². The van der Waals surface area contributed by atoms with Crippen molar-refractivity contribution in [2.75, 3.05) is 30.8 Å². The highest BCUT2D eigenvalue weighted by atomic mass is 35.5. The summed E-state index contributed by atoms with van der Waals surface area (Å²) < 4.78 is 31.3. The van der Waals surface area contributed by atoms with Crippen molar-refractivity contribution in [2.45, 2.75) is 39.3 Å². The predicted molar refractivity (Wildman–Crippen MR) is 140 cm³/mol. The van der Waals surface area contributed by atoms with Crippen molar-refractivity contribution in [3.05, 3.63) is 58.1 Å². The summed E-state index contributed by atoms with van der Waals surface area (Å²) in [5.41, 5.74) is 0.755. The summed E-state index contributed by atoms with van der Waals surface area (Å²) in [6.07, 6.45) is 2.71. The van der Waals surface area contributed by atoms with E-state index in [4.69, 9.17) is 27.9 Å². The quantitative estimate of drug-likeness (QED) is 0.406. The Morgan fingerprint density at radius 2 is 1.69 bits per heavy atom. The standard InChI is InChI=1S/C24H31Cl2N3O5S/c1-5-6-14-27-24(31)17(2)28(15-20-21(25)8-7-9-22(20)26)23(30)16-29(35(4,32)33)18-10-12-19(34-3)13-11-18/h7-13,17H,5-6,14-16H2,1-4H3,(H,27,31). The number of anilines is 1. The van der Waals surface area contributed by atoms with Gasteiger partial charge in [0.05, 0.1) is 19.1 Å². The minimum Gasteiger partial charge on any atom is -0.497 e. The number of amides is 2. The van der Waals surface area contributed by atoms with Crippen molar-refractivity contribution in [3.63, 3.8) is 0 Å². The van der Waals surface area contributed by atoms with Gasteiger partial charge in [0.2, 0.25) is 21.8 Å². The van der Waals surface area contributed by atoms with E-state index in [2.05, 4.69) is 5.32 Å². The number of hydrogen-bond donors (Lipinski definition) is 1. The molecule has 0 fully saturated rings. The number of ether oxygens (including phenoxy) is 1. The number of nitrogens with zero attached hydrogens (tertiary/aromatic N) is 2. The van der Waals surface area contributed by atoms with Crippen LogP contribution >= 0.6 is 23.2 Å². The van der Waals surface area contributed by atoms with Gasteiger partial charge in [0.15, 0.2) is 0 Å². The number of sulfonamides is 1. The van der Waals surface area contributed by atoms with E-state index in [9.17, 15) is 18.0 Å². The molecule has 2 amide bonds. The minimum absolute atomic E-state index is 0.0695. The van der Waals surface area contributed by atoms with Gasteiger partial charge in [-0.25, -0.2) is 8.42 Å². The molecule has 35 heavy (non-hydrogen) atoms. The zero-order chi connectivity index (χ0) is 26.2. The second kappa shape index (κ2) is 13.0. The monoisotopic (exact) mass is 543 g/mol. The van der Waals surface area contributed by atoms with Gasteiger partial charge in [0.1, 0.15) is 18.3 Å². The summed E-state index contributed by atoms with van der Waals surface area (Å²) in [4.78, 5) is 27.6. The Morgan fingerprint density at radius 3 is 2.20 bits per heavy atom. The van der Waals surface area contributed by atoms with Crippen LogP contribution < -0.4 is 14.4 Å². The Morgan fingerprint density at radius 1 is 1.09 bits per heavy atom. The largest absolute Gasteiger partial charge is 0.497 e. The number of halogens is 2. The van der Waals surface area contributed by atoms with Crippen LogP contribution in [0.1, 0.15) is 32.3 Å². The lowest BCUT2D eigenvalue weighted by molar-refractivity contribution is -0.139. The molecular weight excluding hydrogens is 513 g/mol. The van der Waals surface area contributed by atoms with Crippen LogP contribution in [0.3, 0.4) is 0 Å². The Kier molecular flexibility index (Phi) is 10.7. The Labute approximate surface area is 217 Å². The maximum absolute atomic E-state index is 13.5. The molecule has 0 aliphatic carbocycles. The minimum atomic E-state index is -3.83. The van der Waals surface area contributed by atoms with Crippen LogP contribution in [0.4, 0.5) is 5.69 Å². The molecule has 0 spiro atoms. The first kappa shape index (κ1) is 28.7. The molecule has 0 aromatic heterocycles. The maximum Gasteiger partial charge on any atom is 0.244 e. The van der Waals surface area contributed by atoms with Crippen LogP contribution in [-0.2, 0) is 26.2 Å². The molecule has 2 aromatic rings. The third kappa shape index (κ3) is 8.02. The van der Waals surface area contributed by atoms with Crippen LogP contribution in [0.5, 0.6) is 5.75 Å². The van der Waals surface area contributed by atoms with Gasteiger partial charge in [-0.1, -0.05) is 42.6 Å². The van der Waals surface area contributed by atoms with Crippen molar-refractivity contribution in [2.24, 2.45) is 0 Å². The lowest BCUT2D eigenvalue weighted by Crippen LogP contribution is -2.51. The zero-order valence-electron chi connectivity index (χ0n) is 20.3. The van der Waals surface area contributed by atoms with E-state index < -0.39 is 28.5 Å². The average molecular weight is 545 g/mol. The molecule has 1 atom stereocenters. The summed E-state index contributed by atoms with van der Waals surface area (Å²) >= 11 is 12.7. The van der Waals surface area contributed by atoms with Crippen LogP contribution in [0.15, 0.2) is 42.5 Å². The first-order valence-electron chi connectivity index (χ1n) is 11.1. The van der Waals surface area contributed by atoms with Crippen molar-refractivity contribution in [1.29, 1.82) is 0 Å². The fraction of sp³-hybridized carbons (Fsp3) is 0.417. The molecule has 2 aromatic carbocycles. The molecule has 0 aliphatic heterocycles. The third-order valence-corrected chi connectivity index (χ3v) is 7.28. The highest BCUT2D eigenvalue weighted by molar-refractivity contribution is 7.92. The second-order valence-electron chi connectivity index (χ2n) is 8.01. The van der Waals surface area contributed by atoms with Gasteiger partial charge in [0.25, 0.3) is 0 Å². The number of benzene rings is 2. The van der Waals surface area contributed by atoms with Gasteiger partial charge < -0.3 is 15.0 Å². The number of carbonyl (C=O) groups is 2. The number of methoxy groups -OCH3 is 1. The van der Waals surface area contributed by atoms with Crippen LogP contribution in [0, 0.1) is 0 Å². The fourth-order valence-electron chi connectivity index (χ4n) is 3.33. The first-order valence-corrected chi connectivity index (χ1v) is 13.7. The summed E-state index contributed by atoms with van der Waals surface area (Å²) in [6.45, 7) is 3.47. The summed E-state index contributed by atoms with van der Waals surface area (Å²) in [5, 5.41) is 3.49. The molecular formula is C24H31Cl2N3O5S. The van der Waals surface area contributed by atoms with Gasteiger partial charge in [-0.3, -0.25) is 13.9 Å². The number of rotatable bonds is 12. The molecule has 0 bridgehead atoms. The van der Waals surface area contributed by atoms with E-state index in [1.54, 1.807) is 49.4 Å². The number of carbonyl (C=O) groups excluding carboxylic acids is 2. The summed E-state index contributed by atoms with van der Waals surface area (Å²) in [6, 6.07) is 10.3.